The maximum absolute atomic E-state index is 13.7. The summed E-state index contributed by atoms with van der Waals surface area (Å²) in [6.45, 7) is 2.07. The van der Waals surface area contributed by atoms with Crippen molar-refractivity contribution in [3.05, 3.63) is 29.6 Å². The number of hydrogen-bond acceptors (Lipinski definition) is 3. The van der Waals surface area contributed by atoms with Crippen LogP contribution >= 0.6 is 0 Å². The predicted octanol–water partition coefficient (Wildman–Crippen LogP) is 3.27. The van der Waals surface area contributed by atoms with Crippen LogP contribution in [0, 0.1) is 5.82 Å². The summed E-state index contributed by atoms with van der Waals surface area (Å²) in [4.78, 5) is 10.3. The number of unbranched alkanes of at least 4 members (excludes halogenated alkanes) is 4. The molecule has 0 radical (unpaired) electrons. The SMILES string of the molecule is CCCCCCCS(=O)(=O)c1ccc(C(=O)O)cc1F. The Balaban J connectivity index is 2.75. The van der Waals surface area contributed by atoms with Crippen LogP contribution in [0.15, 0.2) is 23.1 Å². The topological polar surface area (TPSA) is 71.4 Å². The number of carboxylic acids is 1. The van der Waals surface area contributed by atoms with Crippen molar-refractivity contribution in [3.8, 4) is 0 Å². The molecule has 112 valence electrons. The van der Waals surface area contributed by atoms with Crippen LogP contribution in [0.1, 0.15) is 49.4 Å². The van der Waals surface area contributed by atoms with Crippen LogP contribution in [-0.2, 0) is 9.84 Å². The van der Waals surface area contributed by atoms with Gasteiger partial charge in [-0.2, -0.15) is 0 Å². The van der Waals surface area contributed by atoms with E-state index in [1.807, 2.05) is 0 Å². The molecule has 0 heterocycles. The molecule has 0 saturated heterocycles. The van der Waals surface area contributed by atoms with Crippen molar-refractivity contribution in [1.29, 1.82) is 0 Å². The third kappa shape index (κ3) is 4.59. The number of sulfone groups is 1. The van der Waals surface area contributed by atoms with Crippen LogP contribution in [0.4, 0.5) is 4.39 Å². The van der Waals surface area contributed by atoms with E-state index in [-0.39, 0.29) is 11.3 Å². The average Bonchev–Trinajstić information content (AvgIpc) is 2.37. The largest absolute Gasteiger partial charge is 0.478 e. The molecule has 1 aromatic carbocycles. The monoisotopic (exact) mass is 302 g/mol. The van der Waals surface area contributed by atoms with Crippen molar-refractivity contribution in [2.24, 2.45) is 0 Å². The molecule has 0 aromatic heterocycles. The summed E-state index contributed by atoms with van der Waals surface area (Å²) in [5.74, 6) is -2.40. The molecule has 0 fully saturated rings. The molecule has 4 nitrogen and oxygen atoms in total. The van der Waals surface area contributed by atoms with E-state index in [2.05, 4.69) is 6.92 Å². The zero-order valence-electron chi connectivity index (χ0n) is 11.4. The second kappa shape index (κ2) is 7.38. The summed E-state index contributed by atoms with van der Waals surface area (Å²) in [5.41, 5.74) is -0.260. The van der Waals surface area contributed by atoms with Crippen molar-refractivity contribution >= 4 is 15.8 Å². The molecule has 1 rings (SSSR count). The van der Waals surface area contributed by atoms with Crippen LogP contribution in [0.25, 0.3) is 0 Å². The molecule has 1 aromatic rings. The molecular weight excluding hydrogens is 283 g/mol. The first-order valence-electron chi connectivity index (χ1n) is 6.64. The van der Waals surface area contributed by atoms with Gasteiger partial charge in [-0.1, -0.05) is 32.6 Å². The second-order valence-electron chi connectivity index (χ2n) is 4.68. The van der Waals surface area contributed by atoms with E-state index in [9.17, 15) is 17.6 Å². The van der Waals surface area contributed by atoms with E-state index < -0.39 is 26.5 Å². The molecule has 0 aliphatic rings. The van der Waals surface area contributed by atoms with Gasteiger partial charge >= 0.3 is 5.97 Å². The Morgan fingerprint density at radius 3 is 2.40 bits per heavy atom. The van der Waals surface area contributed by atoms with Crippen molar-refractivity contribution in [2.45, 2.75) is 43.9 Å². The third-order valence-corrected chi connectivity index (χ3v) is 4.86. The smallest absolute Gasteiger partial charge is 0.335 e. The molecule has 0 atom stereocenters. The van der Waals surface area contributed by atoms with Crippen LogP contribution in [0.2, 0.25) is 0 Å². The minimum Gasteiger partial charge on any atom is -0.478 e. The molecule has 0 aliphatic heterocycles. The number of rotatable bonds is 8. The van der Waals surface area contributed by atoms with Gasteiger partial charge < -0.3 is 5.11 Å². The second-order valence-corrected chi connectivity index (χ2v) is 6.76. The molecule has 6 heteroatoms. The fourth-order valence-corrected chi connectivity index (χ4v) is 3.33. The highest BCUT2D eigenvalue weighted by molar-refractivity contribution is 7.91. The zero-order chi connectivity index (χ0) is 15.2. The zero-order valence-corrected chi connectivity index (χ0v) is 12.2. The highest BCUT2D eigenvalue weighted by Gasteiger charge is 2.20. The Kier molecular flexibility index (Phi) is 6.13. The number of hydrogen-bond donors (Lipinski definition) is 1. The number of halogens is 1. The third-order valence-electron chi connectivity index (χ3n) is 3.03. The summed E-state index contributed by atoms with van der Waals surface area (Å²) in [6.07, 6.45) is 4.37. The minimum atomic E-state index is -3.69. The van der Waals surface area contributed by atoms with Crippen molar-refractivity contribution in [2.75, 3.05) is 5.75 Å². The molecule has 1 N–H and O–H groups in total. The van der Waals surface area contributed by atoms with Crippen molar-refractivity contribution < 1.29 is 22.7 Å². The fraction of sp³-hybridized carbons (Fsp3) is 0.500. The van der Waals surface area contributed by atoms with Crippen LogP contribution in [-0.4, -0.2) is 25.2 Å². The molecule has 0 saturated carbocycles. The summed E-state index contributed by atoms with van der Waals surface area (Å²) in [6, 6.07) is 2.88. The van der Waals surface area contributed by atoms with Gasteiger partial charge in [0.15, 0.2) is 9.84 Å². The number of aromatic carboxylic acids is 1. The maximum atomic E-state index is 13.7. The minimum absolute atomic E-state index is 0.111. The van der Waals surface area contributed by atoms with E-state index in [1.54, 1.807) is 0 Å². The Morgan fingerprint density at radius 1 is 1.20 bits per heavy atom. The number of carboxylic acid groups (broad SMARTS) is 1. The summed E-state index contributed by atoms with van der Waals surface area (Å²) < 4.78 is 37.7. The van der Waals surface area contributed by atoms with Crippen LogP contribution < -0.4 is 0 Å². The molecule has 0 bridgehead atoms. The van der Waals surface area contributed by atoms with Gasteiger partial charge in [-0.3, -0.25) is 0 Å². The Hall–Kier alpha value is -1.43. The van der Waals surface area contributed by atoms with Crippen LogP contribution in [0.3, 0.4) is 0 Å². The van der Waals surface area contributed by atoms with Gasteiger partial charge in [0.1, 0.15) is 10.7 Å². The molecule has 0 amide bonds. The van der Waals surface area contributed by atoms with E-state index in [4.69, 9.17) is 5.11 Å². The lowest BCUT2D eigenvalue weighted by atomic mass is 10.2. The standard InChI is InChI=1S/C14H19FO4S/c1-2-3-4-5-6-9-20(18,19)13-8-7-11(14(16)17)10-12(13)15/h7-8,10H,2-6,9H2,1H3,(H,16,17). The Labute approximate surface area is 118 Å². The van der Waals surface area contributed by atoms with Crippen molar-refractivity contribution in [1.82, 2.24) is 0 Å². The predicted molar refractivity (Wildman–Crippen MR) is 74.2 cm³/mol. The molecular formula is C14H19FO4S. The van der Waals surface area contributed by atoms with E-state index in [0.29, 0.717) is 6.42 Å². The molecule has 20 heavy (non-hydrogen) atoms. The van der Waals surface area contributed by atoms with Gasteiger partial charge in [0.05, 0.1) is 11.3 Å². The number of benzene rings is 1. The first-order chi connectivity index (χ1) is 9.38. The molecule has 0 spiro atoms. The van der Waals surface area contributed by atoms with E-state index >= 15 is 0 Å². The summed E-state index contributed by atoms with van der Waals surface area (Å²) in [7, 11) is -3.69. The lowest BCUT2D eigenvalue weighted by Crippen LogP contribution is -2.10. The van der Waals surface area contributed by atoms with Gasteiger partial charge in [-0.15, -0.1) is 0 Å². The Bertz CT molecular complexity index is 567. The van der Waals surface area contributed by atoms with Gasteiger partial charge in [0.25, 0.3) is 0 Å². The first kappa shape index (κ1) is 16.6. The lowest BCUT2D eigenvalue weighted by Gasteiger charge is -2.06. The lowest BCUT2D eigenvalue weighted by molar-refractivity contribution is 0.0696. The molecule has 0 unspecified atom stereocenters. The summed E-state index contributed by atoms with van der Waals surface area (Å²) in [5, 5.41) is 8.71. The first-order valence-corrected chi connectivity index (χ1v) is 8.29. The van der Waals surface area contributed by atoms with Gasteiger partial charge in [-0.25, -0.2) is 17.6 Å². The summed E-state index contributed by atoms with van der Waals surface area (Å²) >= 11 is 0. The Morgan fingerprint density at radius 2 is 1.85 bits per heavy atom. The van der Waals surface area contributed by atoms with Gasteiger partial charge in [0.2, 0.25) is 0 Å². The highest BCUT2D eigenvalue weighted by Crippen LogP contribution is 2.19. The van der Waals surface area contributed by atoms with Gasteiger partial charge in [-0.05, 0) is 24.6 Å². The average molecular weight is 302 g/mol. The van der Waals surface area contributed by atoms with E-state index in [0.717, 1.165) is 43.9 Å². The normalized spacial score (nSPS) is 11.5. The molecule has 0 aliphatic carbocycles. The van der Waals surface area contributed by atoms with E-state index in [1.165, 1.54) is 0 Å². The maximum Gasteiger partial charge on any atom is 0.335 e. The van der Waals surface area contributed by atoms with Crippen molar-refractivity contribution in [3.63, 3.8) is 0 Å². The van der Waals surface area contributed by atoms with Crippen LogP contribution in [0.5, 0.6) is 0 Å². The number of carbonyl (C=O) groups is 1. The fourth-order valence-electron chi connectivity index (χ4n) is 1.89. The quantitative estimate of drug-likeness (QED) is 0.748. The highest BCUT2D eigenvalue weighted by atomic mass is 32.2. The van der Waals surface area contributed by atoms with Gasteiger partial charge in [0, 0.05) is 0 Å².